The van der Waals surface area contributed by atoms with Crippen molar-refractivity contribution in [3.05, 3.63) is 0 Å². The third-order valence-electron chi connectivity index (χ3n) is 1.99. The number of methoxy groups -OCH3 is 1. The molecular weight excluding hydrogens is 178 g/mol. The quantitative estimate of drug-likeness (QED) is 0.491. The highest BCUT2D eigenvalue weighted by Crippen LogP contribution is 1.99. The van der Waals surface area contributed by atoms with Gasteiger partial charge in [-0.15, -0.1) is 11.8 Å². The van der Waals surface area contributed by atoms with Crippen LogP contribution in [0.3, 0.4) is 0 Å². The molecule has 0 saturated carbocycles. The van der Waals surface area contributed by atoms with Crippen LogP contribution < -0.4 is 0 Å². The van der Waals surface area contributed by atoms with E-state index in [1.807, 2.05) is 6.92 Å². The van der Waals surface area contributed by atoms with Crippen LogP contribution in [0, 0.1) is 11.8 Å². The molecule has 0 amide bonds. The van der Waals surface area contributed by atoms with Crippen LogP contribution in [-0.2, 0) is 9.53 Å². The summed E-state index contributed by atoms with van der Waals surface area (Å²) in [6.07, 6.45) is 0.797. The highest BCUT2D eigenvalue weighted by Gasteiger charge is 2.12. The molecule has 3 nitrogen and oxygen atoms in total. The van der Waals surface area contributed by atoms with E-state index in [1.165, 1.54) is 7.11 Å². The first-order chi connectivity index (χ1) is 6.61. The number of rotatable bonds is 5. The van der Waals surface area contributed by atoms with Gasteiger partial charge in [0.1, 0.15) is 0 Å². The van der Waals surface area contributed by atoms with Crippen LogP contribution in [-0.4, -0.2) is 37.1 Å². The topological polar surface area (TPSA) is 29.5 Å². The van der Waals surface area contributed by atoms with Crippen molar-refractivity contribution in [3.8, 4) is 11.8 Å². The molecule has 0 rings (SSSR count). The molecule has 0 spiro atoms. The predicted molar refractivity (Wildman–Crippen MR) is 56.8 cm³/mol. The Bertz CT molecular complexity index is 225. The van der Waals surface area contributed by atoms with Crippen molar-refractivity contribution in [2.75, 3.05) is 20.2 Å². The molecule has 0 aromatic heterocycles. The van der Waals surface area contributed by atoms with E-state index >= 15 is 0 Å². The van der Waals surface area contributed by atoms with E-state index < -0.39 is 0 Å². The lowest BCUT2D eigenvalue weighted by Crippen LogP contribution is -2.36. The van der Waals surface area contributed by atoms with Gasteiger partial charge in [-0.1, -0.05) is 0 Å². The minimum absolute atomic E-state index is 0.192. The summed E-state index contributed by atoms with van der Waals surface area (Å²) in [4.78, 5) is 13.1. The summed E-state index contributed by atoms with van der Waals surface area (Å²) in [6.45, 7) is 7.10. The average molecular weight is 197 g/mol. The summed E-state index contributed by atoms with van der Waals surface area (Å²) < 4.78 is 4.62. The van der Waals surface area contributed by atoms with Crippen molar-refractivity contribution in [1.82, 2.24) is 4.90 Å². The Kier molecular flexibility index (Phi) is 6.87. The SMILES string of the molecule is CC#CCCN(CC(=O)OC)C(C)C. The zero-order valence-electron chi connectivity index (χ0n) is 9.46. The molecule has 0 bridgehead atoms. The average Bonchev–Trinajstić information content (AvgIpc) is 2.16. The Hall–Kier alpha value is -1.01. The summed E-state index contributed by atoms with van der Waals surface area (Å²) in [5, 5.41) is 0. The molecule has 3 heteroatoms. The monoisotopic (exact) mass is 197 g/mol. The van der Waals surface area contributed by atoms with Crippen molar-refractivity contribution in [2.24, 2.45) is 0 Å². The molecular formula is C11H19NO2. The lowest BCUT2D eigenvalue weighted by Gasteiger charge is -2.23. The Morgan fingerprint density at radius 2 is 2.14 bits per heavy atom. The van der Waals surface area contributed by atoms with E-state index in [9.17, 15) is 4.79 Å². The zero-order valence-corrected chi connectivity index (χ0v) is 9.46. The first-order valence-electron chi connectivity index (χ1n) is 4.82. The first kappa shape index (κ1) is 13.0. The minimum Gasteiger partial charge on any atom is -0.468 e. The van der Waals surface area contributed by atoms with Gasteiger partial charge in [-0.25, -0.2) is 0 Å². The Balaban J connectivity index is 4.00. The van der Waals surface area contributed by atoms with Gasteiger partial charge in [-0.05, 0) is 20.8 Å². The van der Waals surface area contributed by atoms with E-state index in [2.05, 4.69) is 35.3 Å². The van der Waals surface area contributed by atoms with E-state index in [0.29, 0.717) is 12.6 Å². The van der Waals surface area contributed by atoms with E-state index in [4.69, 9.17) is 0 Å². The molecule has 0 unspecified atom stereocenters. The molecule has 0 aliphatic rings. The smallest absolute Gasteiger partial charge is 0.319 e. The van der Waals surface area contributed by atoms with Gasteiger partial charge in [-0.2, -0.15) is 0 Å². The Labute approximate surface area is 86.4 Å². The molecule has 0 radical (unpaired) electrons. The van der Waals surface area contributed by atoms with Crippen molar-refractivity contribution in [2.45, 2.75) is 33.2 Å². The van der Waals surface area contributed by atoms with Crippen LogP contribution in [0.1, 0.15) is 27.2 Å². The number of carbonyl (C=O) groups excluding carboxylic acids is 1. The summed E-state index contributed by atoms with van der Waals surface area (Å²) in [6, 6.07) is 0.341. The molecule has 0 N–H and O–H groups in total. The Morgan fingerprint density at radius 3 is 2.57 bits per heavy atom. The lowest BCUT2D eigenvalue weighted by atomic mass is 10.3. The van der Waals surface area contributed by atoms with Crippen molar-refractivity contribution in [1.29, 1.82) is 0 Å². The van der Waals surface area contributed by atoms with Gasteiger partial charge >= 0.3 is 5.97 Å². The lowest BCUT2D eigenvalue weighted by molar-refractivity contribution is -0.142. The first-order valence-corrected chi connectivity index (χ1v) is 4.82. The fourth-order valence-electron chi connectivity index (χ4n) is 1.07. The Morgan fingerprint density at radius 1 is 1.50 bits per heavy atom. The number of hydrogen-bond donors (Lipinski definition) is 0. The molecule has 14 heavy (non-hydrogen) atoms. The van der Waals surface area contributed by atoms with Crippen molar-refractivity contribution in [3.63, 3.8) is 0 Å². The van der Waals surface area contributed by atoms with Crippen LogP contribution >= 0.6 is 0 Å². The highest BCUT2D eigenvalue weighted by molar-refractivity contribution is 5.71. The summed E-state index contributed by atoms with van der Waals surface area (Å²) in [5.74, 6) is 5.63. The summed E-state index contributed by atoms with van der Waals surface area (Å²) in [7, 11) is 1.41. The second-order valence-corrected chi connectivity index (χ2v) is 3.32. The molecule has 0 saturated heterocycles. The normalized spacial score (nSPS) is 9.86. The van der Waals surface area contributed by atoms with Gasteiger partial charge < -0.3 is 4.74 Å². The van der Waals surface area contributed by atoms with Crippen molar-refractivity contribution < 1.29 is 9.53 Å². The molecule has 80 valence electrons. The van der Waals surface area contributed by atoms with E-state index in [-0.39, 0.29) is 5.97 Å². The standard InChI is InChI=1S/C11H19NO2/c1-5-6-7-8-12(10(2)3)9-11(13)14-4/h10H,7-9H2,1-4H3. The predicted octanol–water partition coefficient (Wildman–Crippen LogP) is 1.28. The maximum atomic E-state index is 11.1. The fourth-order valence-corrected chi connectivity index (χ4v) is 1.07. The molecule has 0 aliphatic heterocycles. The van der Waals surface area contributed by atoms with Gasteiger partial charge in [0.05, 0.1) is 13.7 Å². The molecule has 0 atom stereocenters. The second kappa shape index (κ2) is 7.40. The van der Waals surface area contributed by atoms with Crippen molar-refractivity contribution >= 4 is 5.97 Å². The number of nitrogens with zero attached hydrogens (tertiary/aromatic N) is 1. The number of esters is 1. The third kappa shape index (κ3) is 5.60. The van der Waals surface area contributed by atoms with Crippen LogP contribution in [0.25, 0.3) is 0 Å². The van der Waals surface area contributed by atoms with Gasteiger partial charge in [0, 0.05) is 19.0 Å². The molecule has 0 fully saturated rings. The van der Waals surface area contributed by atoms with Gasteiger partial charge in [-0.3, -0.25) is 9.69 Å². The number of ether oxygens (including phenoxy) is 1. The highest BCUT2D eigenvalue weighted by atomic mass is 16.5. The second-order valence-electron chi connectivity index (χ2n) is 3.32. The fraction of sp³-hybridized carbons (Fsp3) is 0.727. The maximum absolute atomic E-state index is 11.1. The summed E-state index contributed by atoms with van der Waals surface area (Å²) in [5.41, 5.74) is 0. The van der Waals surface area contributed by atoms with Gasteiger partial charge in [0.25, 0.3) is 0 Å². The largest absolute Gasteiger partial charge is 0.468 e. The number of hydrogen-bond acceptors (Lipinski definition) is 3. The van der Waals surface area contributed by atoms with Crippen LogP contribution in [0.4, 0.5) is 0 Å². The zero-order chi connectivity index (χ0) is 11.0. The minimum atomic E-state index is -0.192. The molecule has 0 aromatic rings. The van der Waals surface area contributed by atoms with Crippen LogP contribution in [0.15, 0.2) is 0 Å². The van der Waals surface area contributed by atoms with Gasteiger partial charge in [0.15, 0.2) is 0 Å². The van der Waals surface area contributed by atoms with E-state index in [1.54, 1.807) is 0 Å². The van der Waals surface area contributed by atoms with Crippen LogP contribution in [0.2, 0.25) is 0 Å². The molecule has 0 heterocycles. The summed E-state index contributed by atoms with van der Waals surface area (Å²) >= 11 is 0. The molecule has 0 aromatic carbocycles. The number of carbonyl (C=O) groups is 1. The van der Waals surface area contributed by atoms with E-state index in [0.717, 1.165) is 13.0 Å². The van der Waals surface area contributed by atoms with Gasteiger partial charge in [0.2, 0.25) is 0 Å². The van der Waals surface area contributed by atoms with Crippen LogP contribution in [0.5, 0.6) is 0 Å². The molecule has 0 aliphatic carbocycles. The third-order valence-corrected chi connectivity index (χ3v) is 1.99. The maximum Gasteiger partial charge on any atom is 0.319 e.